The summed E-state index contributed by atoms with van der Waals surface area (Å²) in [5.41, 5.74) is 4.71. The van der Waals surface area contributed by atoms with Gasteiger partial charge in [0.15, 0.2) is 0 Å². The molecule has 0 bridgehead atoms. The molecule has 29 heavy (non-hydrogen) atoms. The average molecular weight is 392 g/mol. The minimum atomic E-state index is -0.146. The van der Waals surface area contributed by atoms with Gasteiger partial charge in [0, 0.05) is 30.9 Å². The quantitative estimate of drug-likeness (QED) is 0.698. The maximum Gasteiger partial charge on any atom is 0.254 e. The molecule has 1 aliphatic rings. The van der Waals surface area contributed by atoms with Gasteiger partial charge < -0.3 is 14.6 Å². The van der Waals surface area contributed by atoms with Crippen molar-refractivity contribution in [2.75, 3.05) is 5.32 Å². The van der Waals surface area contributed by atoms with Crippen molar-refractivity contribution in [1.29, 1.82) is 0 Å². The Balaban J connectivity index is 1.59. The van der Waals surface area contributed by atoms with Gasteiger partial charge in [-0.25, -0.2) is 0 Å². The van der Waals surface area contributed by atoms with E-state index in [1.165, 1.54) is 18.2 Å². The lowest BCUT2D eigenvalue weighted by Crippen LogP contribution is -2.30. The summed E-state index contributed by atoms with van der Waals surface area (Å²) >= 11 is 0. The Morgan fingerprint density at radius 3 is 2.66 bits per heavy atom. The number of hydrogen-bond acceptors (Lipinski definition) is 4. The smallest absolute Gasteiger partial charge is 0.254 e. The van der Waals surface area contributed by atoms with Crippen LogP contribution in [-0.4, -0.2) is 26.5 Å². The van der Waals surface area contributed by atoms with Crippen LogP contribution in [0.1, 0.15) is 46.4 Å². The molecule has 7 heteroatoms. The summed E-state index contributed by atoms with van der Waals surface area (Å²) in [7, 11) is 1.97. The number of furan rings is 1. The topological polar surface area (TPSA) is 80.4 Å². The summed E-state index contributed by atoms with van der Waals surface area (Å²) in [6.07, 6.45) is 4.78. The number of amides is 2. The van der Waals surface area contributed by atoms with Gasteiger partial charge in [0.1, 0.15) is 5.76 Å². The van der Waals surface area contributed by atoms with Crippen LogP contribution in [0.4, 0.5) is 5.69 Å². The van der Waals surface area contributed by atoms with Crippen LogP contribution in [-0.2, 0) is 37.8 Å². The molecule has 7 nitrogen and oxygen atoms in total. The molecule has 0 spiro atoms. The molecule has 3 aromatic rings. The molecule has 2 heterocycles. The first-order chi connectivity index (χ1) is 14.0. The second-order valence-corrected chi connectivity index (χ2v) is 7.35. The minimum absolute atomic E-state index is 0.104. The molecule has 0 aliphatic heterocycles. The third-order valence-corrected chi connectivity index (χ3v) is 5.21. The maximum absolute atomic E-state index is 13.3. The summed E-state index contributed by atoms with van der Waals surface area (Å²) < 4.78 is 7.42. The molecule has 1 N–H and O–H groups in total. The largest absolute Gasteiger partial charge is 0.467 e. The Hall–Kier alpha value is -3.35. The van der Waals surface area contributed by atoms with Crippen molar-refractivity contribution in [3.8, 4) is 0 Å². The average Bonchev–Trinajstić information content (AvgIpc) is 3.42. The van der Waals surface area contributed by atoms with E-state index in [-0.39, 0.29) is 11.8 Å². The van der Waals surface area contributed by atoms with Crippen molar-refractivity contribution < 1.29 is 14.0 Å². The summed E-state index contributed by atoms with van der Waals surface area (Å²) in [6, 6.07) is 10.6. The second kappa shape index (κ2) is 7.95. The number of carbonyl (C=O) groups excluding carboxylic acids is 2. The molecule has 4 rings (SSSR count). The predicted molar refractivity (Wildman–Crippen MR) is 108 cm³/mol. The molecule has 0 saturated heterocycles. The molecule has 0 fully saturated rings. The summed E-state index contributed by atoms with van der Waals surface area (Å²) in [6.45, 7) is 2.25. The van der Waals surface area contributed by atoms with E-state index in [0.717, 1.165) is 30.7 Å². The highest BCUT2D eigenvalue weighted by Gasteiger charge is 2.25. The second-order valence-electron chi connectivity index (χ2n) is 7.35. The molecule has 1 aromatic carbocycles. The van der Waals surface area contributed by atoms with E-state index in [2.05, 4.69) is 10.4 Å². The molecule has 0 atom stereocenters. The van der Waals surface area contributed by atoms with Gasteiger partial charge >= 0.3 is 0 Å². The lowest BCUT2D eigenvalue weighted by Gasteiger charge is -2.21. The number of aryl methyl sites for hydroxylation is 1. The van der Waals surface area contributed by atoms with E-state index in [1.807, 2.05) is 23.9 Å². The Labute approximate surface area is 169 Å². The molecular formula is C22H24N4O3. The Kier molecular flexibility index (Phi) is 5.20. The molecule has 150 valence electrons. The van der Waals surface area contributed by atoms with Crippen LogP contribution < -0.4 is 5.32 Å². The van der Waals surface area contributed by atoms with Gasteiger partial charge in [-0.2, -0.15) is 5.10 Å². The van der Waals surface area contributed by atoms with E-state index < -0.39 is 0 Å². The van der Waals surface area contributed by atoms with Gasteiger partial charge in [-0.1, -0.05) is 0 Å². The van der Waals surface area contributed by atoms with E-state index >= 15 is 0 Å². The monoisotopic (exact) mass is 392 g/mol. The number of fused-ring (bicyclic) bond motifs is 1. The maximum atomic E-state index is 13.3. The molecule has 0 radical (unpaired) electrons. The zero-order valence-electron chi connectivity index (χ0n) is 16.6. The predicted octanol–water partition coefficient (Wildman–Crippen LogP) is 3.30. The number of nitrogens with zero attached hydrogens (tertiary/aromatic N) is 3. The fraction of sp³-hybridized carbons (Fsp3) is 0.318. The Morgan fingerprint density at radius 1 is 1.17 bits per heavy atom. The first-order valence-corrected chi connectivity index (χ1v) is 9.74. The first-order valence-electron chi connectivity index (χ1n) is 9.74. The highest BCUT2D eigenvalue weighted by Crippen LogP contribution is 2.26. The van der Waals surface area contributed by atoms with Crippen molar-refractivity contribution in [3.05, 3.63) is 70.9 Å². The van der Waals surface area contributed by atoms with E-state index in [9.17, 15) is 9.59 Å². The van der Waals surface area contributed by atoms with Crippen LogP contribution >= 0.6 is 0 Å². The molecule has 1 aliphatic carbocycles. The first kappa shape index (κ1) is 19.0. The minimum Gasteiger partial charge on any atom is -0.467 e. The molecule has 0 saturated carbocycles. The molecule has 2 aromatic heterocycles. The number of carbonyl (C=O) groups is 2. The molecular weight excluding hydrogens is 368 g/mol. The third-order valence-electron chi connectivity index (χ3n) is 5.21. The molecule has 0 unspecified atom stereocenters. The van der Waals surface area contributed by atoms with E-state index in [1.54, 1.807) is 35.4 Å². The van der Waals surface area contributed by atoms with Gasteiger partial charge in [0.05, 0.1) is 25.0 Å². The van der Waals surface area contributed by atoms with Crippen molar-refractivity contribution in [1.82, 2.24) is 14.7 Å². The van der Waals surface area contributed by atoms with Crippen molar-refractivity contribution >= 4 is 17.5 Å². The zero-order chi connectivity index (χ0) is 20.4. The van der Waals surface area contributed by atoms with E-state index in [4.69, 9.17) is 4.42 Å². The number of benzene rings is 1. The lowest BCUT2D eigenvalue weighted by atomic mass is 10.1. The van der Waals surface area contributed by atoms with Gasteiger partial charge in [-0.3, -0.25) is 14.3 Å². The number of aromatic nitrogens is 2. The summed E-state index contributed by atoms with van der Waals surface area (Å²) in [5, 5.41) is 7.38. The fourth-order valence-corrected chi connectivity index (χ4v) is 3.88. The van der Waals surface area contributed by atoms with Gasteiger partial charge in [-0.15, -0.1) is 0 Å². The summed E-state index contributed by atoms with van der Waals surface area (Å²) in [5.74, 6) is 0.474. The zero-order valence-corrected chi connectivity index (χ0v) is 16.6. The third kappa shape index (κ3) is 4.08. The number of rotatable bonds is 6. The standard InChI is InChI=1S/C22H24N4O3/c1-15(27)23-17-10-8-16(9-11-17)22(28)26(13-18-5-4-12-29-18)14-20-19-6-3-7-21(19)25(2)24-20/h4-5,8-12H,3,6-7,13-14H2,1-2H3,(H,23,27). The summed E-state index contributed by atoms with van der Waals surface area (Å²) in [4.78, 5) is 26.2. The Morgan fingerprint density at radius 2 is 1.97 bits per heavy atom. The Bertz CT molecular complexity index is 1020. The van der Waals surface area contributed by atoms with Crippen LogP contribution in [0.5, 0.6) is 0 Å². The van der Waals surface area contributed by atoms with Crippen LogP contribution in [0.3, 0.4) is 0 Å². The molecule has 2 amide bonds. The SMILES string of the molecule is CC(=O)Nc1ccc(C(=O)N(Cc2ccco2)Cc2nn(C)c3c2CCC3)cc1. The van der Waals surface area contributed by atoms with Crippen molar-refractivity contribution in [2.45, 2.75) is 39.3 Å². The van der Waals surface area contributed by atoms with Crippen molar-refractivity contribution in [3.63, 3.8) is 0 Å². The van der Waals surface area contributed by atoms with Crippen molar-refractivity contribution in [2.24, 2.45) is 7.05 Å². The number of nitrogens with one attached hydrogen (secondary N) is 1. The lowest BCUT2D eigenvalue weighted by molar-refractivity contribution is -0.114. The number of anilines is 1. The van der Waals surface area contributed by atoms with Gasteiger partial charge in [0.25, 0.3) is 5.91 Å². The van der Waals surface area contributed by atoms with Crippen LogP contribution in [0.25, 0.3) is 0 Å². The van der Waals surface area contributed by atoms with Gasteiger partial charge in [0.2, 0.25) is 5.91 Å². The number of hydrogen-bond donors (Lipinski definition) is 1. The van der Waals surface area contributed by atoms with Crippen LogP contribution in [0.15, 0.2) is 47.1 Å². The highest BCUT2D eigenvalue weighted by molar-refractivity contribution is 5.95. The normalized spacial score (nSPS) is 12.6. The van der Waals surface area contributed by atoms with Gasteiger partial charge in [-0.05, 0) is 61.2 Å². The highest BCUT2D eigenvalue weighted by atomic mass is 16.3. The van der Waals surface area contributed by atoms with Crippen LogP contribution in [0.2, 0.25) is 0 Å². The van der Waals surface area contributed by atoms with Crippen LogP contribution in [0, 0.1) is 0 Å². The fourth-order valence-electron chi connectivity index (χ4n) is 3.88. The van der Waals surface area contributed by atoms with E-state index in [0.29, 0.717) is 24.3 Å².